The lowest BCUT2D eigenvalue weighted by atomic mass is 9.81. The minimum atomic E-state index is 0.282. The summed E-state index contributed by atoms with van der Waals surface area (Å²) in [5, 5.41) is 4.47. The Balaban J connectivity index is 2.16. The Morgan fingerprint density at radius 2 is 2.10 bits per heavy atom. The molecule has 1 aliphatic rings. The molecule has 2 rings (SSSR count). The van der Waals surface area contributed by atoms with E-state index < -0.39 is 0 Å². The summed E-state index contributed by atoms with van der Waals surface area (Å²) in [5.74, 6) is 1.06. The van der Waals surface area contributed by atoms with Crippen LogP contribution in [0.4, 0.5) is 0 Å². The fourth-order valence-electron chi connectivity index (χ4n) is 3.47. The third-order valence-electron chi connectivity index (χ3n) is 4.74. The highest BCUT2D eigenvalue weighted by Crippen LogP contribution is 2.36. The predicted molar refractivity (Wildman–Crippen MR) is 87.7 cm³/mol. The van der Waals surface area contributed by atoms with Crippen molar-refractivity contribution in [3.8, 4) is 0 Å². The lowest BCUT2D eigenvalue weighted by Gasteiger charge is -2.30. The highest BCUT2D eigenvalue weighted by atomic mass is 35.5. The second kappa shape index (κ2) is 7.57. The van der Waals surface area contributed by atoms with E-state index >= 15 is 0 Å². The molecule has 2 heterocycles. The van der Waals surface area contributed by atoms with Gasteiger partial charge >= 0.3 is 0 Å². The van der Waals surface area contributed by atoms with E-state index in [-0.39, 0.29) is 6.10 Å². The summed E-state index contributed by atoms with van der Waals surface area (Å²) in [4.78, 5) is 4.08. The van der Waals surface area contributed by atoms with Gasteiger partial charge in [-0.2, -0.15) is 0 Å². The molecule has 0 aromatic carbocycles. The smallest absolute Gasteiger partial charge is 0.0621 e. The summed E-state index contributed by atoms with van der Waals surface area (Å²) in [6, 6.07) is 2.41. The Morgan fingerprint density at radius 1 is 1.33 bits per heavy atom. The SMILES string of the molecule is CCCNC(Cc1ccncc1Cl)C1C(C)OC(C)C1C. The molecular weight excluding hydrogens is 284 g/mol. The van der Waals surface area contributed by atoms with Gasteiger partial charge in [-0.05, 0) is 50.8 Å². The number of nitrogens with one attached hydrogen (secondary N) is 1. The van der Waals surface area contributed by atoms with Crippen molar-refractivity contribution in [2.45, 2.75) is 58.8 Å². The molecule has 1 N–H and O–H groups in total. The van der Waals surface area contributed by atoms with Crippen molar-refractivity contribution < 1.29 is 4.74 Å². The van der Waals surface area contributed by atoms with E-state index in [0.29, 0.717) is 24.0 Å². The van der Waals surface area contributed by atoms with Crippen LogP contribution in [0.3, 0.4) is 0 Å². The van der Waals surface area contributed by atoms with Crippen molar-refractivity contribution in [3.05, 3.63) is 29.0 Å². The summed E-state index contributed by atoms with van der Waals surface area (Å²) in [6.07, 6.45) is 6.21. The number of rotatable bonds is 6. The average Bonchev–Trinajstić information content (AvgIpc) is 2.71. The second-order valence-corrected chi connectivity index (χ2v) is 6.62. The van der Waals surface area contributed by atoms with Gasteiger partial charge in [0.05, 0.1) is 17.2 Å². The van der Waals surface area contributed by atoms with Crippen LogP contribution in [0.2, 0.25) is 5.02 Å². The van der Waals surface area contributed by atoms with Gasteiger partial charge in [0.1, 0.15) is 0 Å². The van der Waals surface area contributed by atoms with Gasteiger partial charge in [-0.1, -0.05) is 25.4 Å². The fraction of sp³-hybridized carbons (Fsp3) is 0.706. The molecule has 21 heavy (non-hydrogen) atoms. The fourth-order valence-corrected chi connectivity index (χ4v) is 3.66. The first-order valence-electron chi connectivity index (χ1n) is 8.01. The molecule has 0 amide bonds. The predicted octanol–water partition coefficient (Wildman–Crippen LogP) is 3.71. The van der Waals surface area contributed by atoms with E-state index in [4.69, 9.17) is 16.3 Å². The molecule has 118 valence electrons. The van der Waals surface area contributed by atoms with Gasteiger partial charge in [0.2, 0.25) is 0 Å². The van der Waals surface area contributed by atoms with E-state index in [0.717, 1.165) is 24.4 Å². The van der Waals surface area contributed by atoms with E-state index in [9.17, 15) is 0 Å². The van der Waals surface area contributed by atoms with Gasteiger partial charge in [-0.3, -0.25) is 4.98 Å². The number of hydrogen-bond donors (Lipinski definition) is 1. The lowest BCUT2D eigenvalue weighted by molar-refractivity contribution is 0.0476. The third-order valence-corrected chi connectivity index (χ3v) is 5.08. The van der Waals surface area contributed by atoms with Gasteiger partial charge in [-0.15, -0.1) is 0 Å². The lowest BCUT2D eigenvalue weighted by Crippen LogP contribution is -2.43. The van der Waals surface area contributed by atoms with Gasteiger partial charge in [0.15, 0.2) is 0 Å². The Hall–Kier alpha value is -0.640. The summed E-state index contributed by atoms with van der Waals surface area (Å²) in [6.45, 7) is 9.90. The van der Waals surface area contributed by atoms with Crippen LogP contribution in [-0.2, 0) is 11.2 Å². The standard InChI is InChI=1S/C17H27ClN2O/c1-5-7-20-16(9-14-6-8-19-10-15(14)18)17-11(2)12(3)21-13(17)4/h6,8,10-13,16-17,20H,5,7,9H2,1-4H3. The molecular formula is C17H27ClN2O. The van der Waals surface area contributed by atoms with Crippen LogP contribution in [0, 0.1) is 11.8 Å². The Morgan fingerprint density at radius 3 is 2.67 bits per heavy atom. The topological polar surface area (TPSA) is 34.2 Å². The Kier molecular flexibility index (Phi) is 6.03. The zero-order chi connectivity index (χ0) is 15.4. The molecule has 0 spiro atoms. The van der Waals surface area contributed by atoms with Gasteiger partial charge in [-0.25, -0.2) is 0 Å². The number of pyridine rings is 1. The maximum Gasteiger partial charge on any atom is 0.0621 e. The quantitative estimate of drug-likeness (QED) is 0.870. The molecule has 0 aliphatic carbocycles. The highest BCUT2D eigenvalue weighted by molar-refractivity contribution is 6.31. The van der Waals surface area contributed by atoms with Crippen molar-refractivity contribution in [2.75, 3.05) is 6.54 Å². The van der Waals surface area contributed by atoms with Gasteiger partial charge in [0, 0.05) is 24.4 Å². The molecule has 0 bridgehead atoms. The Bertz CT molecular complexity index is 454. The second-order valence-electron chi connectivity index (χ2n) is 6.21. The largest absolute Gasteiger partial charge is 0.375 e. The average molecular weight is 311 g/mol. The van der Waals surface area contributed by atoms with Crippen molar-refractivity contribution in [2.24, 2.45) is 11.8 Å². The number of halogens is 1. The van der Waals surface area contributed by atoms with E-state index in [2.05, 4.69) is 38.0 Å². The zero-order valence-corrected chi connectivity index (χ0v) is 14.2. The van der Waals surface area contributed by atoms with Gasteiger partial charge in [0.25, 0.3) is 0 Å². The maximum atomic E-state index is 6.29. The van der Waals surface area contributed by atoms with Crippen LogP contribution in [0.15, 0.2) is 18.5 Å². The van der Waals surface area contributed by atoms with Gasteiger partial charge < -0.3 is 10.1 Å². The molecule has 3 nitrogen and oxygen atoms in total. The number of aromatic nitrogens is 1. The first-order chi connectivity index (χ1) is 10.0. The highest BCUT2D eigenvalue weighted by Gasteiger charge is 2.41. The number of hydrogen-bond acceptors (Lipinski definition) is 3. The first kappa shape index (κ1) is 16.7. The van der Waals surface area contributed by atoms with Crippen LogP contribution in [0.25, 0.3) is 0 Å². The van der Waals surface area contributed by atoms with Crippen molar-refractivity contribution in [1.29, 1.82) is 0 Å². The minimum Gasteiger partial charge on any atom is -0.375 e. The van der Waals surface area contributed by atoms with Crippen LogP contribution in [0.5, 0.6) is 0 Å². The molecule has 5 unspecified atom stereocenters. The van der Waals surface area contributed by atoms with Crippen LogP contribution in [-0.4, -0.2) is 29.8 Å². The van der Waals surface area contributed by atoms with E-state index in [1.807, 2.05) is 12.3 Å². The molecule has 1 saturated heterocycles. The van der Waals surface area contributed by atoms with E-state index in [1.165, 1.54) is 5.56 Å². The molecule has 1 fully saturated rings. The first-order valence-corrected chi connectivity index (χ1v) is 8.39. The van der Waals surface area contributed by atoms with E-state index in [1.54, 1.807) is 6.20 Å². The monoisotopic (exact) mass is 310 g/mol. The van der Waals surface area contributed by atoms with Crippen molar-refractivity contribution in [1.82, 2.24) is 10.3 Å². The molecule has 1 aromatic heterocycles. The van der Waals surface area contributed by atoms with Crippen LogP contribution < -0.4 is 5.32 Å². The van der Waals surface area contributed by atoms with Crippen LogP contribution in [0.1, 0.15) is 39.7 Å². The molecule has 0 radical (unpaired) electrons. The minimum absolute atomic E-state index is 0.282. The number of nitrogens with zero attached hydrogens (tertiary/aromatic N) is 1. The maximum absolute atomic E-state index is 6.29. The molecule has 1 aromatic rings. The number of ether oxygens (including phenoxy) is 1. The zero-order valence-electron chi connectivity index (χ0n) is 13.5. The molecule has 5 atom stereocenters. The van der Waals surface area contributed by atoms with Crippen molar-refractivity contribution in [3.63, 3.8) is 0 Å². The normalized spacial score (nSPS) is 30.5. The van der Waals surface area contributed by atoms with Crippen molar-refractivity contribution >= 4 is 11.6 Å². The summed E-state index contributed by atoms with van der Waals surface area (Å²) >= 11 is 6.29. The third kappa shape index (κ3) is 3.97. The summed E-state index contributed by atoms with van der Waals surface area (Å²) in [7, 11) is 0. The molecule has 0 saturated carbocycles. The molecule has 1 aliphatic heterocycles. The van der Waals surface area contributed by atoms with Crippen LogP contribution >= 0.6 is 11.6 Å². The summed E-state index contributed by atoms with van der Waals surface area (Å²) < 4.78 is 6.03. The Labute approximate surface area is 133 Å². The molecule has 4 heteroatoms. The summed E-state index contributed by atoms with van der Waals surface area (Å²) in [5.41, 5.74) is 1.17.